The molecule has 3 nitrogen and oxygen atoms in total. The lowest BCUT2D eigenvalue weighted by Gasteiger charge is -2.50. The van der Waals surface area contributed by atoms with Gasteiger partial charge in [0, 0.05) is 29.7 Å². The lowest BCUT2D eigenvalue weighted by atomic mass is 9.73. The second-order valence-corrected chi connectivity index (χ2v) is 8.34. The Bertz CT molecular complexity index is 528. The summed E-state index contributed by atoms with van der Waals surface area (Å²) in [6, 6.07) is 9.42. The first-order chi connectivity index (χ1) is 12.7. The maximum atomic E-state index is 6.19. The summed E-state index contributed by atoms with van der Waals surface area (Å²) in [7, 11) is 0. The standard InChI is InChI=1S/C22H35ClN2O/c1-3-13-25(14-4-2)22(19-5-7-20(23)8-6-19)11-9-21(10-12-22)24-15-17-26-18-16-24/h5-8,21H,3-4,9-18H2,1-2H3. The molecule has 1 aromatic carbocycles. The van der Waals surface area contributed by atoms with Gasteiger partial charge in [-0.2, -0.15) is 0 Å². The molecule has 4 heteroatoms. The minimum Gasteiger partial charge on any atom is -0.379 e. The lowest BCUT2D eigenvalue weighted by molar-refractivity contribution is -0.0214. The summed E-state index contributed by atoms with van der Waals surface area (Å²) < 4.78 is 5.55. The average molecular weight is 379 g/mol. The number of ether oxygens (including phenoxy) is 1. The Morgan fingerprint density at radius 2 is 1.62 bits per heavy atom. The molecular weight excluding hydrogens is 344 g/mol. The van der Waals surface area contributed by atoms with Crippen LogP contribution in [0.3, 0.4) is 0 Å². The molecule has 3 rings (SSSR count). The second kappa shape index (κ2) is 9.54. The van der Waals surface area contributed by atoms with Crippen LogP contribution in [0.4, 0.5) is 0 Å². The highest BCUT2D eigenvalue weighted by atomic mass is 35.5. The summed E-state index contributed by atoms with van der Waals surface area (Å²) in [5.74, 6) is 0. The van der Waals surface area contributed by atoms with Crippen LogP contribution in [0.25, 0.3) is 0 Å². The molecule has 0 amide bonds. The smallest absolute Gasteiger partial charge is 0.0594 e. The summed E-state index contributed by atoms with van der Waals surface area (Å²) in [5.41, 5.74) is 1.64. The van der Waals surface area contributed by atoms with E-state index in [1.165, 1.54) is 57.2 Å². The predicted octanol–water partition coefficient (Wildman–Crippen LogP) is 4.93. The van der Waals surface area contributed by atoms with Crippen LogP contribution in [0.5, 0.6) is 0 Å². The van der Waals surface area contributed by atoms with Crippen LogP contribution in [-0.4, -0.2) is 55.2 Å². The van der Waals surface area contributed by atoms with Crippen molar-refractivity contribution in [3.8, 4) is 0 Å². The molecule has 0 unspecified atom stereocenters. The minimum atomic E-state index is 0.180. The van der Waals surface area contributed by atoms with E-state index in [1.807, 2.05) is 0 Å². The van der Waals surface area contributed by atoms with Gasteiger partial charge in [-0.05, 0) is 69.3 Å². The van der Waals surface area contributed by atoms with Gasteiger partial charge in [0.1, 0.15) is 0 Å². The van der Waals surface area contributed by atoms with Crippen LogP contribution in [0.1, 0.15) is 57.9 Å². The zero-order chi connectivity index (χ0) is 18.4. The fourth-order valence-electron chi connectivity index (χ4n) is 5.02. The Morgan fingerprint density at radius 1 is 1.04 bits per heavy atom. The van der Waals surface area contributed by atoms with Crippen LogP contribution in [0.15, 0.2) is 24.3 Å². The number of benzene rings is 1. The molecule has 1 aliphatic heterocycles. The Kier molecular flexibility index (Phi) is 7.39. The third-order valence-electron chi connectivity index (χ3n) is 6.32. The third kappa shape index (κ3) is 4.44. The Hall–Kier alpha value is -0.610. The van der Waals surface area contributed by atoms with Crippen molar-refractivity contribution in [1.29, 1.82) is 0 Å². The topological polar surface area (TPSA) is 15.7 Å². The monoisotopic (exact) mass is 378 g/mol. The van der Waals surface area contributed by atoms with Gasteiger partial charge in [0.15, 0.2) is 0 Å². The quantitative estimate of drug-likeness (QED) is 0.668. The molecule has 2 fully saturated rings. The van der Waals surface area contributed by atoms with E-state index >= 15 is 0 Å². The molecule has 0 bridgehead atoms. The van der Waals surface area contributed by atoms with Gasteiger partial charge in [0.05, 0.1) is 13.2 Å². The first-order valence-corrected chi connectivity index (χ1v) is 10.9. The first-order valence-electron chi connectivity index (χ1n) is 10.5. The highest BCUT2D eigenvalue weighted by Gasteiger charge is 2.42. The maximum Gasteiger partial charge on any atom is 0.0594 e. The molecule has 0 spiro atoms. The van der Waals surface area contributed by atoms with E-state index in [9.17, 15) is 0 Å². The summed E-state index contributed by atoms with van der Waals surface area (Å²) in [6.45, 7) is 11.0. The molecule has 0 aromatic heterocycles. The Labute approximate surface area is 164 Å². The molecule has 146 valence electrons. The molecule has 0 radical (unpaired) electrons. The molecule has 2 aliphatic rings. The van der Waals surface area contributed by atoms with Crippen molar-refractivity contribution in [2.45, 2.75) is 64.0 Å². The molecule has 1 aromatic rings. The van der Waals surface area contributed by atoms with E-state index in [0.717, 1.165) is 37.4 Å². The van der Waals surface area contributed by atoms with Gasteiger partial charge < -0.3 is 4.74 Å². The molecular formula is C22H35ClN2O. The van der Waals surface area contributed by atoms with Gasteiger partial charge >= 0.3 is 0 Å². The van der Waals surface area contributed by atoms with Crippen molar-refractivity contribution in [3.05, 3.63) is 34.9 Å². The Morgan fingerprint density at radius 3 is 2.15 bits per heavy atom. The van der Waals surface area contributed by atoms with Crippen molar-refractivity contribution >= 4 is 11.6 Å². The second-order valence-electron chi connectivity index (χ2n) is 7.91. The fourth-order valence-corrected chi connectivity index (χ4v) is 5.14. The van der Waals surface area contributed by atoms with Gasteiger partial charge in [0.25, 0.3) is 0 Å². The van der Waals surface area contributed by atoms with E-state index in [1.54, 1.807) is 0 Å². The zero-order valence-corrected chi connectivity index (χ0v) is 17.3. The summed E-state index contributed by atoms with van der Waals surface area (Å²) in [5, 5.41) is 0.837. The molecule has 26 heavy (non-hydrogen) atoms. The fraction of sp³-hybridized carbons (Fsp3) is 0.727. The molecule has 0 atom stereocenters. The van der Waals surface area contributed by atoms with Crippen molar-refractivity contribution in [1.82, 2.24) is 9.80 Å². The van der Waals surface area contributed by atoms with E-state index < -0.39 is 0 Å². The molecule has 1 saturated heterocycles. The van der Waals surface area contributed by atoms with Crippen LogP contribution in [0.2, 0.25) is 5.02 Å². The number of rotatable bonds is 7. The molecule has 1 saturated carbocycles. The number of morpholine rings is 1. The number of halogens is 1. The van der Waals surface area contributed by atoms with Gasteiger partial charge in [-0.1, -0.05) is 37.6 Å². The SMILES string of the molecule is CCCN(CCC)C1(c2ccc(Cl)cc2)CCC(N2CCOCC2)CC1. The van der Waals surface area contributed by atoms with Crippen LogP contribution >= 0.6 is 11.6 Å². The lowest BCUT2D eigenvalue weighted by Crippen LogP contribution is -2.53. The number of hydrogen-bond acceptors (Lipinski definition) is 3. The minimum absolute atomic E-state index is 0.180. The van der Waals surface area contributed by atoms with Crippen molar-refractivity contribution < 1.29 is 4.74 Å². The van der Waals surface area contributed by atoms with E-state index in [4.69, 9.17) is 16.3 Å². The molecule has 1 aliphatic carbocycles. The van der Waals surface area contributed by atoms with Crippen molar-refractivity contribution in [3.63, 3.8) is 0 Å². The maximum absolute atomic E-state index is 6.19. The van der Waals surface area contributed by atoms with Gasteiger partial charge in [0.2, 0.25) is 0 Å². The van der Waals surface area contributed by atoms with Gasteiger partial charge in [-0.15, -0.1) is 0 Å². The highest BCUT2D eigenvalue weighted by molar-refractivity contribution is 6.30. The summed E-state index contributed by atoms with van der Waals surface area (Å²) >= 11 is 6.19. The normalized spacial score (nSPS) is 27.8. The van der Waals surface area contributed by atoms with E-state index in [0.29, 0.717) is 0 Å². The average Bonchev–Trinajstić information content (AvgIpc) is 2.69. The van der Waals surface area contributed by atoms with Gasteiger partial charge in [-0.25, -0.2) is 0 Å². The number of hydrogen-bond donors (Lipinski definition) is 0. The predicted molar refractivity (Wildman–Crippen MR) is 110 cm³/mol. The van der Waals surface area contributed by atoms with Crippen molar-refractivity contribution in [2.24, 2.45) is 0 Å². The number of nitrogens with zero attached hydrogens (tertiary/aromatic N) is 2. The van der Waals surface area contributed by atoms with Crippen LogP contribution in [0, 0.1) is 0 Å². The third-order valence-corrected chi connectivity index (χ3v) is 6.57. The van der Waals surface area contributed by atoms with E-state index in [2.05, 4.69) is 47.9 Å². The summed E-state index contributed by atoms with van der Waals surface area (Å²) in [6.07, 6.45) is 7.48. The van der Waals surface area contributed by atoms with Crippen LogP contribution < -0.4 is 0 Å². The van der Waals surface area contributed by atoms with Gasteiger partial charge in [-0.3, -0.25) is 9.80 Å². The summed E-state index contributed by atoms with van der Waals surface area (Å²) in [4.78, 5) is 5.44. The Balaban J connectivity index is 1.81. The van der Waals surface area contributed by atoms with E-state index in [-0.39, 0.29) is 5.54 Å². The molecule has 0 N–H and O–H groups in total. The molecule has 1 heterocycles. The zero-order valence-electron chi connectivity index (χ0n) is 16.6. The first kappa shape index (κ1) is 20.1. The largest absolute Gasteiger partial charge is 0.379 e. The highest BCUT2D eigenvalue weighted by Crippen LogP contribution is 2.44. The van der Waals surface area contributed by atoms with Crippen LogP contribution in [-0.2, 0) is 10.3 Å². The van der Waals surface area contributed by atoms with Crippen molar-refractivity contribution in [2.75, 3.05) is 39.4 Å².